The number of rotatable bonds is 6. The van der Waals surface area contributed by atoms with Gasteiger partial charge in [-0.2, -0.15) is 0 Å². The molecule has 1 N–H and O–H groups in total. The lowest BCUT2D eigenvalue weighted by Gasteiger charge is -2.11. The minimum Gasteiger partial charge on any atom is -0.325 e. The van der Waals surface area contributed by atoms with Crippen LogP contribution in [0.25, 0.3) is 0 Å². The van der Waals surface area contributed by atoms with Crippen LogP contribution in [0.2, 0.25) is 0 Å². The van der Waals surface area contributed by atoms with Crippen LogP contribution in [0.15, 0.2) is 42.5 Å². The number of non-ortho nitro benzene ring substituents is 1. The summed E-state index contributed by atoms with van der Waals surface area (Å²) in [6, 6.07) is 12.3. The van der Waals surface area contributed by atoms with Crippen molar-refractivity contribution in [2.75, 3.05) is 11.1 Å². The maximum Gasteiger partial charge on any atom is 0.269 e. The van der Waals surface area contributed by atoms with Crippen LogP contribution in [0.4, 0.5) is 11.4 Å². The lowest BCUT2D eigenvalue weighted by molar-refractivity contribution is -0.384. The van der Waals surface area contributed by atoms with E-state index in [1.807, 2.05) is 38.1 Å². The third-order valence-electron chi connectivity index (χ3n) is 3.37. The first-order valence-electron chi connectivity index (χ1n) is 7.14. The monoisotopic (exact) mass is 330 g/mol. The summed E-state index contributed by atoms with van der Waals surface area (Å²) in [5, 5.41) is 13.7. The topological polar surface area (TPSA) is 72.2 Å². The molecule has 2 aromatic carbocycles. The zero-order chi connectivity index (χ0) is 16.8. The van der Waals surface area contributed by atoms with Crippen molar-refractivity contribution in [3.05, 3.63) is 69.3 Å². The fraction of sp³-hybridized carbons (Fsp3) is 0.235. The molecule has 0 atom stereocenters. The Balaban J connectivity index is 1.88. The molecule has 0 unspecified atom stereocenters. The lowest BCUT2D eigenvalue weighted by atomic mass is 10.1. The molecular weight excluding hydrogens is 312 g/mol. The van der Waals surface area contributed by atoms with Crippen LogP contribution in [0.3, 0.4) is 0 Å². The molecule has 5 nitrogen and oxygen atoms in total. The van der Waals surface area contributed by atoms with Crippen molar-refractivity contribution >= 4 is 29.0 Å². The van der Waals surface area contributed by atoms with E-state index in [9.17, 15) is 14.9 Å². The Hall–Kier alpha value is -2.34. The van der Waals surface area contributed by atoms with Gasteiger partial charge in [0.05, 0.1) is 10.7 Å². The molecule has 120 valence electrons. The number of aryl methyl sites for hydroxylation is 2. The lowest BCUT2D eigenvalue weighted by Crippen LogP contribution is -2.15. The molecule has 0 aliphatic carbocycles. The van der Waals surface area contributed by atoms with E-state index < -0.39 is 4.92 Å². The standard InChI is InChI=1S/C17H18N2O3S/c1-12-5-3-6-13(2)17(12)18-16(20)11-23-10-14-7-4-8-15(9-14)19(21)22/h3-9H,10-11H2,1-2H3,(H,18,20). The van der Waals surface area contributed by atoms with Crippen LogP contribution in [-0.2, 0) is 10.5 Å². The van der Waals surface area contributed by atoms with Gasteiger partial charge in [0.2, 0.25) is 5.91 Å². The first-order valence-corrected chi connectivity index (χ1v) is 8.30. The first-order chi connectivity index (χ1) is 11.0. The van der Waals surface area contributed by atoms with E-state index in [0.717, 1.165) is 22.4 Å². The molecule has 0 saturated carbocycles. The number of nitrogens with zero attached hydrogens (tertiary/aromatic N) is 1. The van der Waals surface area contributed by atoms with Crippen LogP contribution in [0, 0.1) is 24.0 Å². The largest absolute Gasteiger partial charge is 0.325 e. The maximum absolute atomic E-state index is 12.0. The second-order valence-electron chi connectivity index (χ2n) is 5.23. The van der Waals surface area contributed by atoms with Gasteiger partial charge in [-0.1, -0.05) is 30.3 Å². The van der Waals surface area contributed by atoms with Gasteiger partial charge in [0.25, 0.3) is 5.69 Å². The molecule has 0 aliphatic rings. The number of anilines is 1. The SMILES string of the molecule is Cc1cccc(C)c1NC(=O)CSCc1cccc([N+](=O)[O-])c1. The number of nitro groups is 1. The quantitative estimate of drug-likeness (QED) is 0.640. The molecule has 0 saturated heterocycles. The molecule has 0 radical (unpaired) electrons. The maximum atomic E-state index is 12.0. The van der Waals surface area contributed by atoms with Gasteiger partial charge in [-0.15, -0.1) is 11.8 Å². The van der Waals surface area contributed by atoms with Gasteiger partial charge in [0, 0.05) is 23.6 Å². The number of hydrogen-bond donors (Lipinski definition) is 1. The van der Waals surface area contributed by atoms with Crippen LogP contribution in [0.5, 0.6) is 0 Å². The number of nitrogens with one attached hydrogen (secondary N) is 1. The molecule has 0 spiro atoms. The Morgan fingerprint density at radius 3 is 2.48 bits per heavy atom. The van der Waals surface area contributed by atoms with Crippen LogP contribution < -0.4 is 5.32 Å². The Labute approximate surface area is 139 Å². The summed E-state index contributed by atoms with van der Waals surface area (Å²) in [6.07, 6.45) is 0. The average molecular weight is 330 g/mol. The van der Waals surface area contributed by atoms with Crippen LogP contribution in [0.1, 0.15) is 16.7 Å². The normalized spacial score (nSPS) is 10.3. The van der Waals surface area contributed by atoms with Crippen molar-refractivity contribution in [1.82, 2.24) is 0 Å². The van der Waals surface area contributed by atoms with Gasteiger partial charge >= 0.3 is 0 Å². The molecular formula is C17H18N2O3S. The Morgan fingerprint density at radius 2 is 1.83 bits per heavy atom. The Kier molecular flexibility index (Phi) is 5.76. The zero-order valence-corrected chi connectivity index (χ0v) is 13.9. The zero-order valence-electron chi connectivity index (χ0n) is 13.0. The number of carbonyl (C=O) groups excluding carboxylic acids is 1. The molecule has 1 amide bonds. The molecule has 0 heterocycles. The number of para-hydroxylation sites is 1. The highest BCUT2D eigenvalue weighted by Gasteiger charge is 2.09. The van der Waals surface area contributed by atoms with E-state index in [1.165, 1.54) is 23.9 Å². The van der Waals surface area contributed by atoms with Gasteiger partial charge in [0.1, 0.15) is 0 Å². The summed E-state index contributed by atoms with van der Waals surface area (Å²) in [6.45, 7) is 3.91. The molecule has 23 heavy (non-hydrogen) atoms. The highest BCUT2D eigenvalue weighted by atomic mass is 32.2. The summed E-state index contributed by atoms with van der Waals surface area (Å²) in [7, 11) is 0. The van der Waals surface area contributed by atoms with Crippen LogP contribution in [-0.4, -0.2) is 16.6 Å². The average Bonchev–Trinajstić information content (AvgIpc) is 2.51. The summed E-state index contributed by atoms with van der Waals surface area (Å²) in [5.41, 5.74) is 3.82. The van der Waals surface area contributed by atoms with Crippen molar-refractivity contribution in [2.24, 2.45) is 0 Å². The third-order valence-corrected chi connectivity index (χ3v) is 4.37. The summed E-state index contributed by atoms with van der Waals surface area (Å²) >= 11 is 1.43. The summed E-state index contributed by atoms with van der Waals surface area (Å²) < 4.78 is 0. The molecule has 2 aromatic rings. The summed E-state index contributed by atoms with van der Waals surface area (Å²) in [5.74, 6) is 0.788. The molecule has 0 aliphatic heterocycles. The molecule has 0 aromatic heterocycles. The van der Waals surface area contributed by atoms with Crippen molar-refractivity contribution in [3.8, 4) is 0 Å². The molecule has 0 bridgehead atoms. The smallest absolute Gasteiger partial charge is 0.269 e. The minimum atomic E-state index is -0.415. The molecule has 2 rings (SSSR count). The highest BCUT2D eigenvalue weighted by molar-refractivity contribution is 7.99. The predicted octanol–water partition coefficient (Wildman–Crippen LogP) is 4.08. The number of amides is 1. The second-order valence-corrected chi connectivity index (χ2v) is 6.22. The van der Waals surface area contributed by atoms with Gasteiger partial charge < -0.3 is 5.32 Å². The Morgan fingerprint density at radius 1 is 1.17 bits per heavy atom. The summed E-state index contributed by atoms with van der Waals surface area (Å²) in [4.78, 5) is 22.4. The van der Waals surface area contributed by atoms with Crippen LogP contribution >= 0.6 is 11.8 Å². The Bertz CT molecular complexity index is 711. The van der Waals surface area contributed by atoms with E-state index in [4.69, 9.17) is 0 Å². The van der Waals surface area contributed by atoms with Crippen molar-refractivity contribution < 1.29 is 9.72 Å². The first kappa shape index (κ1) is 17.0. The number of benzene rings is 2. The fourth-order valence-corrected chi connectivity index (χ4v) is 2.98. The molecule has 0 fully saturated rings. The van der Waals surface area contributed by atoms with Crippen molar-refractivity contribution in [2.45, 2.75) is 19.6 Å². The van der Waals surface area contributed by atoms with E-state index in [1.54, 1.807) is 6.07 Å². The highest BCUT2D eigenvalue weighted by Crippen LogP contribution is 2.21. The number of nitro benzene ring substituents is 1. The van der Waals surface area contributed by atoms with Crippen molar-refractivity contribution in [1.29, 1.82) is 0 Å². The van der Waals surface area contributed by atoms with Crippen molar-refractivity contribution in [3.63, 3.8) is 0 Å². The van der Waals surface area contributed by atoms with E-state index in [-0.39, 0.29) is 11.6 Å². The van der Waals surface area contributed by atoms with Gasteiger partial charge in [0.15, 0.2) is 0 Å². The second kappa shape index (κ2) is 7.78. The van der Waals surface area contributed by atoms with Gasteiger partial charge in [-0.3, -0.25) is 14.9 Å². The van der Waals surface area contributed by atoms with Gasteiger partial charge in [-0.25, -0.2) is 0 Å². The molecule has 6 heteroatoms. The predicted molar refractivity (Wildman–Crippen MR) is 93.8 cm³/mol. The number of hydrogen-bond acceptors (Lipinski definition) is 4. The van der Waals surface area contributed by atoms with E-state index >= 15 is 0 Å². The van der Waals surface area contributed by atoms with E-state index in [2.05, 4.69) is 5.32 Å². The number of carbonyl (C=O) groups is 1. The van der Waals surface area contributed by atoms with E-state index in [0.29, 0.717) is 11.5 Å². The minimum absolute atomic E-state index is 0.0715. The van der Waals surface area contributed by atoms with Gasteiger partial charge in [-0.05, 0) is 30.5 Å². The third kappa shape index (κ3) is 4.82. The fourth-order valence-electron chi connectivity index (χ4n) is 2.21. The number of thioether (sulfide) groups is 1.